The summed E-state index contributed by atoms with van der Waals surface area (Å²) in [6.45, 7) is 0. The molecule has 0 heterocycles. The number of halogens is 1. The average Bonchev–Trinajstić information content (AvgIpc) is 1.69. The fourth-order valence-corrected chi connectivity index (χ4v) is 0.367. The summed E-state index contributed by atoms with van der Waals surface area (Å²) in [5, 5.41) is 0. The van der Waals surface area contributed by atoms with Crippen molar-refractivity contribution < 1.29 is 26.8 Å². The van der Waals surface area contributed by atoms with Crippen molar-refractivity contribution in [3.8, 4) is 0 Å². The van der Waals surface area contributed by atoms with Crippen LogP contribution in [0.15, 0.2) is 24.3 Å². The molecule has 0 saturated carbocycles. The minimum absolute atomic E-state index is 0. The van der Waals surface area contributed by atoms with Crippen molar-refractivity contribution in [3.63, 3.8) is 0 Å². The van der Waals surface area contributed by atoms with Gasteiger partial charge in [-0.3, -0.25) is 0 Å². The van der Waals surface area contributed by atoms with E-state index in [-0.39, 0.29) is 28.2 Å². The third-order valence-corrected chi connectivity index (χ3v) is 0.678. The third-order valence-electron chi connectivity index (χ3n) is 0.678. The molecule has 1 rings (SSSR count). The number of hydrogen-bond donors (Lipinski definition) is 0. The summed E-state index contributed by atoms with van der Waals surface area (Å²) in [6.07, 6.45) is 0. The second-order valence-corrected chi connectivity index (χ2v) is 1.22. The smallest absolute Gasteiger partial charge is 0.236 e. The predicted molar refractivity (Wildman–Crippen MR) is 25.2 cm³/mol. The van der Waals surface area contributed by atoms with E-state index < -0.39 is 0 Å². The zero-order valence-electron chi connectivity index (χ0n) is 3.99. The van der Waals surface area contributed by atoms with Gasteiger partial charge in [-0.1, -0.05) is 0 Å². The Hall–Kier alpha value is -0.110. The molecular weight excluding hydrogens is 199 g/mol. The number of rotatable bonds is 0. The molecule has 8 heavy (non-hydrogen) atoms. The summed E-state index contributed by atoms with van der Waals surface area (Å²) < 4.78 is 11.9. The van der Waals surface area contributed by atoms with Crippen LogP contribution in [-0.2, 0) is 22.4 Å². The standard InChI is InChI=1S/C6H4F.Ag/c7-6-4-2-1-3-5-6;/h2-5H;/q-1;+1. The van der Waals surface area contributed by atoms with Crippen LogP contribution in [0.3, 0.4) is 0 Å². The van der Waals surface area contributed by atoms with Crippen molar-refractivity contribution in [1.82, 2.24) is 0 Å². The Kier molecular flexibility index (Phi) is 3.79. The molecule has 0 unspecified atom stereocenters. The van der Waals surface area contributed by atoms with Gasteiger partial charge < -0.3 is 0 Å². The molecule has 2 heteroatoms. The van der Waals surface area contributed by atoms with Crippen molar-refractivity contribution in [1.29, 1.82) is 0 Å². The Labute approximate surface area is 63.2 Å². The fourth-order valence-electron chi connectivity index (χ4n) is 0.367. The minimum atomic E-state index is -0.209. The van der Waals surface area contributed by atoms with Gasteiger partial charge in [-0.05, 0) is 0 Å². The molecule has 1 aromatic rings. The van der Waals surface area contributed by atoms with Crippen molar-refractivity contribution in [2.45, 2.75) is 0 Å². The van der Waals surface area contributed by atoms with E-state index >= 15 is 0 Å². The monoisotopic (exact) mass is 202 g/mol. The zero-order chi connectivity index (χ0) is 5.11. The van der Waals surface area contributed by atoms with Crippen molar-refractivity contribution >= 4 is 0 Å². The van der Waals surface area contributed by atoms with E-state index in [9.17, 15) is 4.39 Å². The molecule has 0 aliphatic heterocycles. The van der Waals surface area contributed by atoms with Crippen LogP contribution in [0.25, 0.3) is 0 Å². The molecule has 0 bridgehead atoms. The Morgan fingerprint density at radius 3 is 2.00 bits per heavy atom. The molecule has 0 aliphatic carbocycles. The molecule has 0 atom stereocenters. The molecule has 0 radical (unpaired) electrons. The zero-order valence-corrected chi connectivity index (χ0v) is 5.47. The maximum absolute atomic E-state index is 11.9. The third kappa shape index (κ3) is 2.26. The van der Waals surface area contributed by atoms with Gasteiger partial charge in [-0.25, -0.2) is 4.39 Å². The maximum Gasteiger partial charge on any atom is 1.00 e. The molecule has 0 aliphatic rings. The van der Waals surface area contributed by atoms with Gasteiger partial charge in [0.25, 0.3) is 0 Å². The molecule has 0 nitrogen and oxygen atoms in total. The van der Waals surface area contributed by atoms with Crippen molar-refractivity contribution in [2.75, 3.05) is 0 Å². The minimum Gasteiger partial charge on any atom is -0.236 e. The van der Waals surface area contributed by atoms with Gasteiger partial charge in [0, 0.05) is 5.82 Å². The van der Waals surface area contributed by atoms with Crippen LogP contribution in [-0.4, -0.2) is 0 Å². The molecule has 0 saturated heterocycles. The SMILES string of the molecule is Fc1cc[c-]cc1.[Ag+]. The number of hydrogen-bond acceptors (Lipinski definition) is 0. The van der Waals surface area contributed by atoms with Crippen LogP contribution in [0, 0.1) is 11.9 Å². The molecule has 0 aromatic heterocycles. The van der Waals surface area contributed by atoms with E-state index in [1.807, 2.05) is 0 Å². The van der Waals surface area contributed by atoms with Gasteiger partial charge >= 0.3 is 22.4 Å². The van der Waals surface area contributed by atoms with Crippen molar-refractivity contribution in [3.05, 3.63) is 36.1 Å². The van der Waals surface area contributed by atoms with Crippen LogP contribution in [0.4, 0.5) is 4.39 Å². The van der Waals surface area contributed by atoms with E-state index in [0.717, 1.165) is 0 Å². The topological polar surface area (TPSA) is 0 Å². The summed E-state index contributed by atoms with van der Waals surface area (Å²) >= 11 is 0. The van der Waals surface area contributed by atoms with Crippen LogP contribution < -0.4 is 0 Å². The van der Waals surface area contributed by atoms with Crippen LogP contribution in [0.2, 0.25) is 0 Å². The number of benzene rings is 1. The molecule has 0 fully saturated rings. The Bertz CT molecular complexity index is 138. The molecule has 1 aromatic carbocycles. The van der Waals surface area contributed by atoms with Gasteiger partial charge in [0.2, 0.25) is 0 Å². The first kappa shape index (κ1) is 7.89. The first-order chi connectivity index (χ1) is 3.39. The van der Waals surface area contributed by atoms with E-state index in [2.05, 4.69) is 6.07 Å². The largest absolute Gasteiger partial charge is 1.00 e. The van der Waals surface area contributed by atoms with Gasteiger partial charge in [0.05, 0.1) is 0 Å². The van der Waals surface area contributed by atoms with Gasteiger partial charge in [0.1, 0.15) is 0 Å². The van der Waals surface area contributed by atoms with Crippen LogP contribution >= 0.6 is 0 Å². The molecule has 0 amide bonds. The fraction of sp³-hybridized carbons (Fsp3) is 0. The summed E-state index contributed by atoms with van der Waals surface area (Å²) in [6, 6.07) is 8.49. The predicted octanol–water partition coefficient (Wildman–Crippen LogP) is 1.62. The van der Waals surface area contributed by atoms with E-state index in [1.165, 1.54) is 24.3 Å². The molecule has 0 spiro atoms. The van der Waals surface area contributed by atoms with Gasteiger partial charge in [-0.2, -0.15) is 18.2 Å². The molecule has 46 valence electrons. The Morgan fingerprint density at radius 2 is 1.75 bits per heavy atom. The van der Waals surface area contributed by atoms with E-state index in [1.54, 1.807) is 0 Å². The first-order valence-electron chi connectivity index (χ1n) is 2.01. The second kappa shape index (κ2) is 3.84. The summed E-state index contributed by atoms with van der Waals surface area (Å²) in [4.78, 5) is 0. The maximum atomic E-state index is 11.9. The van der Waals surface area contributed by atoms with Gasteiger partial charge in [0.15, 0.2) is 0 Å². The Morgan fingerprint density at radius 1 is 1.25 bits per heavy atom. The van der Waals surface area contributed by atoms with E-state index in [4.69, 9.17) is 0 Å². The van der Waals surface area contributed by atoms with Crippen LogP contribution in [0.5, 0.6) is 0 Å². The van der Waals surface area contributed by atoms with E-state index in [0.29, 0.717) is 0 Å². The second-order valence-electron chi connectivity index (χ2n) is 1.22. The molecular formula is C6H4AgF. The van der Waals surface area contributed by atoms with Gasteiger partial charge in [-0.15, -0.1) is 12.1 Å². The van der Waals surface area contributed by atoms with Crippen molar-refractivity contribution in [2.24, 2.45) is 0 Å². The summed E-state index contributed by atoms with van der Waals surface area (Å²) in [5.41, 5.74) is 0. The molecule has 0 N–H and O–H groups in total. The summed E-state index contributed by atoms with van der Waals surface area (Å²) in [5.74, 6) is -0.209. The Balaban J connectivity index is 0.000000490. The quantitative estimate of drug-likeness (QED) is 0.444. The average molecular weight is 203 g/mol. The van der Waals surface area contributed by atoms with Crippen LogP contribution in [0.1, 0.15) is 0 Å². The normalized spacial score (nSPS) is 7.62. The summed E-state index contributed by atoms with van der Waals surface area (Å²) in [7, 11) is 0. The first-order valence-corrected chi connectivity index (χ1v) is 2.01.